The summed E-state index contributed by atoms with van der Waals surface area (Å²) in [6.07, 6.45) is -2.91. The number of hydrogen-bond acceptors (Lipinski definition) is 4. The summed E-state index contributed by atoms with van der Waals surface area (Å²) in [6.45, 7) is 0. The van der Waals surface area contributed by atoms with E-state index in [-0.39, 0.29) is 12.4 Å². The molecule has 2 N–H and O–H groups in total. The first kappa shape index (κ1) is 17.7. The van der Waals surface area contributed by atoms with E-state index in [1.165, 1.54) is 21.3 Å². The summed E-state index contributed by atoms with van der Waals surface area (Å²) in [5.74, 6) is 1.13. The normalized spacial score (nSPS) is 11.7. The minimum absolute atomic E-state index is 0. The molecule has 1 aromatic carbocycles. The Labute approximate surface area is 117 Å². The Balaban J connectivity index is 0.00000324. The van der Waals surface area contributed by atoms with E-state index in [0.717, 1.165) is 0 Å². The smallest absolute Gasteiger partial charge is 0.240 e. The molecule has 1 aromatic rings. The number of alkyl halides is 2. The van der Waals surface area contributed by atoms with Crippen molar-refractivity contribution >= 4 is 12.4 Å². The quantitative estimate of drug-likeness (QED) is 0.877. The number of nitrogens with two attached hydrogens (primary N) is 1. The van der Waals surface area contributed by atoms with Gasteiger partial charge in [0.1, 0.15) is 0 Å². The van der Waals surface area contributed by atoms with Crippen molar-refractivity contribution in [1.29, 1.82) is 0 Å². The lowest BCUT2D eigenvalue weighted by molar-refractivity contribution is 0.128. The third kappa shape index (κ3) is 4.11. The van der Waals surface area contributed by atoms with Crippen LogP contribution in [0.3, 0.4) is 0 Å². The van der Waals surface area contributed by atoms with Crippen LogP contribution >= 0.6 is 12.4 Å². The van der Waals surface area contributed by atoms with Crippen molar-refractivity contribution in [3.05, 3.63) is 17.7 Å². The number of hydrogen-bond donors (Lipinski definition) is 1. The molecule has 1 rings (SSSR count). The number of rotatable bonds is 6. The van der Waals surface area contributed by atoms with Crippen LogP contribution < -0.4 is 19.9 Å². The maximum atomic E-state index is 12.4. The number of benzene rings is 1. The zero-order valence-corrected chi connectivity index (χ0v) is 11.8. The van der Waals surface area contributed by atoms with Crippen molar-refractivity contribution in [2.45, 2.75) is 18.9 Å². The molecule has 0 aliphatic heterocycles. The van der Waals surface area contributed by atoms with Crippen LogP contribution in [0.4, 0.5) is 8.78 Å². The average Bonchev–Trinajstić information content (AvgIpc) is 2.35. The minimum atomic E-state index is -2.47. The van der Waals surface area contributed by atoms with E-state index in [0.29, 0.717) is 22.8 Å². The minimum Gasteiger partial charge on any atom is -0.493 e. The van der Waals surface area contributed by atoms with Crippen molar-refractivity contribution in [3.63, 3.8) is 0 Å². The molecule has 0 aliphatic rings. The molecule has 0 saturated heterocycles. The van der Waals surface area contributed by atoms with Gasteiger partial charge in [0, 0.05) is 18.0 Å². The second-order valence-electron chi connectivity index (χ2n) is 3.66. The van der Waals surface area contributed by atoms with Crippen molar-refractivity contribution in [2.75, 3.05) is 21.3 Å². The second-order valence-corrected chi connectivity index (χ2v) is 3.66. The molecule has 7 heteroatoms. The van der Waals surface area contributed by atoms with Gasteiger partial charge in [-0.15, -0.1) is 12.4 Å². The second kappa shape index (κ2) is 8.01. The lowest BCUT2D eigenvalue weighted by Gasteiger charge is -2.19. The molecule has 19 heavy (non-hydrogen) atoms. The Morgan fingerprint density at radius 3 is 2.05 bits per heavy atom. The van der Waals surface area contributed by atoms with E-state index in [2.05, 4.69) is 0 Å². The van der Waals surface area contributed by atoms with Crippen LogP contribution in [-0.2, 0) is 0 Å². The molecule has 0 fully saturated rings. The van der Waals surface area contributed by atoms with Gasteiger partial charge in [0.2, 0.25) is 12.2 Å². The summed E-state index contributed by atoms with van der Waals surface area (Å²) in [6, 6.07) is 2.40. The Hall–Kier alpha value is -1.27. The summed E-state index contributed by atoms with van der Waals surface area (Å²) in [4.78, 5) is 0. The molecule has 4 nitrogen and oxygen atoms in total. The van der Waals surface area contributed by atoms with Crippen molar-refractivity contribution in [3.8, 4) is 17.2 Å². The van der Waals surface area contributed by atoms with Gasteiger partial charge in [-0.05, 0) is 12.1 Å². The standard InChI is InChI=1S/C12H17F2NO3.ClH/c1-16-9-5-4-7(8(15)6-10(13)14)11(17-2)12(9)18-3;/h4-5,8,10H,6,15H2,1-3H3;1H/t8-;/m0./s1. The van der Waals surface area contributed by atoms with Gasteiger partial charge in [-0.25, -0.2) is 8.78 Å². The lowest BCUT2D eigenvalue weighted by Crippen LogP contribution is -2.15. The highest BCUT2D eigenvalue weighted by molar-refractivity contribution is 5.85. The van der Waals surface area contributed by atoms with Gasteiger partial charge in [-0.2, -0.15) is 0 Å². The van der Waals surface area contributed by atoms with E-state index in [9.17, 15) is 8.78 Å². The highest BCUT2D eigenvalue weighted by Crippen LogP contribution is 2.42. The maximum Gasteiger partial charge on any atom is 0.240 e. The first-order chi connectivity index (χ1) is 8.54. The summed E-state index contributed by atoms with van der Waals surface area (Å²) in [5, 5.41) is 0. The maximum absolute atomic E-state index is 12.4. The van der Waals surface area contributed by atoms with E-state index in [1.807, 2.05) is 0 Å². The largest absolute Gasteiger partial charge is 0.493 e. The zero-order valence-electron chi connectivity index (χ0n) is 11.0. The van der Waals surface area contributed by atoms with Crippen LogP contribution in [0, 0.1) is 0 Å². The van der Waals surface area contributed by atoms with E-state index in [4.69, 9.17) is 19.9 Å². The Morgan fingerprint density at radius 2 is 1.63 bits per heavy atom. The first-order valence-corrected chi connectivity index (χ1v) is 5.37. The van der Waals surface area contributed by atoms with Gasteiger partial charge < -0.3 is 19.9 Å². The third-order valence-electron chi connectivity index (χ3n) is 2.57. The fourth-order valence-corrected chi connectivity index (χ4v) is 1.74. The molecule has 0 heterocycles. The SMILES string of the molecule is COc1ccc([C@@H](N)CC(F)F)c(OC)c1OC.Cl. The van der Waals surface area contributed by atoms with Gasteiger partial charge >= 0.3 is 0 Å². The van der Waals surface area contributed by atoms with E-state index < -0.39 is 18.9 Å². The number of ether oxygens (including phenoxy) is 3. The summed E-state index contributed by atoms with van der Waals surface area (Å²) in [5.41, 5.74) is 6.20. The topological polar surface area (TPSA) is 53.7 Å². The molecule has 0 aromatic heterocycles. The fraction of sp³-hybridized carbons (Fsp3) is 0.500. The van der Waals surface area contributed by atoms with E-state index in [1.54, 1.807) is 12.1 Å². The third-order valence-corrected chi connectivity index (χ3v) is 2.57. The number of methoxy groups -OCH3 is 3. The highest BCUT2D eigenvalue weighted by Gasteiger charge is 2.22. The molecule has 0 spiro atoms. The first-order valence-electron chi connectivity index (χ1n) is 5.37. The van der Waals surface area contributed by atoms with Crippen LogP contribution in [0.2, 0.25) is 0 Å². The molecule has 0 aliphatic carbocycles. The fourth-order valence-electron chi connectivity index (χ4n) is 1.74. The Bertz CT molecular complexity index is 405. The molecule has 0 saturated carbocycles. The summed E-state index contributed by atoms with van der Waals surface area (Å²) in [7, 11) is 4.36. The lowest BCUT2D eigenvalue weighted by atomic mass is 10.0. The molecule has 0 amide bonds. The molecule has 0 bridgehead atoms. The highest BCUT2D eigenvalue weighted by atomic mass is 35.5. The summed E-state index contributed by atoms with van der Waals surface area (Å²) < 4.78 is 40.2. The molecule has 110 valence electrons. The van der Waals surface area contributed by atoms with Gasteiger partial charge in [0.05, 0.1) is 21.3 Å². The molecular formula is C12H18ClF2NO3. The zero-order chi connectivity index (χ0) is 13.7. The monoisotopic (exact) mass is 297 g/mol. The Morgan fingerprint density at radius 1 is 1.05 bits per heavy atom. The van der Waals surface area contributed by atoms with Crippen molar-refractivity contribution in [2.24, 2.45) is 5.73 Å². The van der Waals surface area contributed by atoms with Crippen LogP contribution in [0.1, 0.15) is 18.0 Å². The van der Waals surface area contributed by atoms with Crippen LogP contribution in [0.15, 0.2) is 12.1 Å². The average molecular weight is 298 g/mol. The van der Waals surface area contributed by atoms with Crippen LogP contribution in [0.25, 0.3) is 0 Å². The molecule has 0 unspecified atom stereocenters. The van der Waals surface area contributed by atoms with Crippen LogP contribution in [0.5, 0.6) is 17.2 Å². The van der Waals surface area contributed by atoms with Gasteiger partial charge in [0.15, 0.2) is 11.5 Å². The van der Waals surface area contributed by atoms with Crippen LogP contribution in [-0.4, -0.2) is 27.8 Å². The molecule has 0 radical (unpaired) electrons. The summed E-state index contributed by atoms with van der Waals surface area (Å²) >= 11 is 0. The molecule has 1 atom stereocenters. The van der Waals surface area contributed by atoms with E-state index >= 15 is 0 Å². The van der Waals surface area contributed by atoms with Crippen molar-refractivity contribution in [1.82, 2.24) is 0 Å². The van der Waals surface area contributed by atoms with Crippen molar-refractivity contribution < 1.29 is 23.0 Å². The predicted molar refractivity (Wildman–Crippen MR) is 70.9 cm³/mol. The van der Waals surface area contributed by atoms with Gasteiger partial charge in [-0.1, -0.05) is 0 Å². The van der Waals surface area contributed by atoms with Gasteiger partial charge in [-0.3, -0.25) is 0 Å². The Kier molecular flexibility index (Phi) is 7.48. The van der Waals surface area contributed by atoms with Gasteiger partial charge in [0.25, 0.3) is 0 Å². The predicted octanol–water partition coefficient (Wildman–Crippen LogP) is 2.79. The number of halogens is 3. The molecular weight excluding hydrogens is 280 g/mol.